The molecule has 9 heteroatoms. The summed E-state index contributed by atoms with van der Waals surface area (Å²) >= 11 is 2.87. The number of nitrogens with one attached hydrogen (secondary N) is 1. The molecule has 2 amide bonds. The molecule has 3 rings (SSSR count). The first kappa shape index (κ1) is 23.3. The Bertz CT molecular complexity index is 686. The predicted molar refractivity (Wildman–Crippen MR) is 120 cm³/mol. The Kier molecular flexibility index (Phi) is 9.27. The minimum atomic E-state index is -0.803. The Morgan fingerprint density at radius 2 is 1.93 bits per heavy atom. The van der Waals surface area contributed by atoms with Gasteiger partial charge in [-0.1, -0.05) is 31.1 Å². The fraction of sp³-hybridized carbons (Fsp3) is 0.762. The lowest BCUT2D eigenvalue weighted by Gasteiger charge is -2.40. The van der Waals surface area contributed by atoms with Gasteiger partial charge >= 0.3 is 12.0 Å². The Morgan fingerprint density at radius 3 is 2.60 bits per heavy atom. The normalized spacial score (nSPS) is 22.2. The van der Waals surface area contributed by atoms with E-state index < -0.39 is 5.97 Å². The number of ether oxygens (including phenoxy) is 1. The van der Waals surface area contributed by atoms with Crippen LogP contribution in [0.4, 0.5) is 9.93 Å². The molecule has 30 heavy (non-hydrogen) atoms. The van der Waals surface area contributed by atoms with Crippen molar-refractivity contribution >= 4 is 40.2 Å². The molecule has 0 bridgehead atoms. The highest BCUT2D eigenvalue weighted by Gasteiger charge is 2.35. The Labute approximate surface area is 187 Å². The summed E-state index contributed by atoms with van der Waals surface area (Å²) in [7, 11) is 0. The van der Waals surface area contributed by atoms with Crippen molar-refractivity contribution in [2.75, 3.05) is 17.7 Å². The van der Waals surface area contributed by atoms with E-state index >= 15 is 0 Å². The molecule has 0 saturated heterocycles. The van der Waals surface area contributed by atoms with Gasteiger partial charge in [0.05, 0.1) is 22.9 Å². The van der Waals surface area contributed by atoms with Crippen LogP contribution in [0, 0.1) is 0 Å². The number of carboxylic acid groups (broad SMARTS) is 1. The number of carbonyl (C=O) groups is 2. The van der Waals surface area contributed by atoms with E-state index in [2.05, 4.69) is 22.1 Å². The van der Waals surface area contributed by atoms with Gasteiger partial charge < -0.3 is 14.7 Å². The Morgan fingerprint density at radius 1 is 1.23 bits per heavy atom. The first-order valence-electron chi connectivity index (χ1n) is 11.1. The topological polar surface area (TPSA) is 91.8 Å². The number of aromatic nitrogens is 1. The Hall–Kier alpha value is -1.32. The summed E-state index contributed by atoms with van der Waals surface area (Å²) in [5.41, 5.74) is 0. The number of thioether (sulfide) groups is 1. The Balaban J connectivity index is 1.57. The molecule has 2 fully saturated rings. The summed E-state index contributed by atoms with van der Waals surface area (Å²) in [5.74, 6) is -0.301. The van der Waals surface area contributed by atoms with E-state index in [1.54, 1.807) is 6.20 Å². The summed E-state index contributed by atoms with van der Waals surface area (Å²) < 4.78 is 6.85. The number of carboxylic acids is 1. The minimum Gasteiger partial charge on any atom is -0.481 e. The van der Waals surface area contributed by atoms with E-state index in [0.29, 0.717) is 23.0 Å². The van der Waals surface area contributed by atoms with Gasteiger partial charge in [-0.05, 0) is 44.9 Å². The molecular formula is C21H33N3O4S2. The lowest BCUT2D eigenvalue weighted by atomic mass is 9.91. The van der Waals surface area contributed by atoms with Gasteiger partial charge in [0.25, 0.3) is 0 Å². The van der Waals surface area contributed by atoms with Crippen LogP contribution in [0.2, 0.25) is 0 Å². The summed E-state index contributed by atoms with van der Waals surface area (Å²) in [5, 5.41) is 12.4. The third-order valence-electron chi connectivity index (χ3n) is 5.81. The average Bonchev–Trinajstić information content (AvgIpc) is 3.40. The molecule has 0 atom stereocenters. The monoisotopic (exact) mass is 455 g/mol. The fourth-order valence-corrected chi connectivity index (χ4v) is 6.23. The second kappa shape index (κ2) is 11.9. The minimum absolute atomic E-state index is 0.0451. The van der Waals surface area contributed by atoms with Gasteiger partial charge in [-0.3, -0.25) is 10.1 Å². The lowest BCUT2D eigenvalue weighted by molar-refractivity contribution is -0.136. The first-order chi connectivity index (χ1) is 14.6. The van der Waals surface area contributed by atoms with Gasteiger partial charge in [0.2, 0.25) is 0 Å². The van der Waals surface area contributed by atoms with Crippen LogP contribution >= 0.6 is 23.1 Å². The zero-order valence-electron chi connectivity index (χ0n) is 17.7. The van der Waals surface area contributed by atoms with Gasteiger partial charge in [0.1, 0.15) is 0 Å². The molecule has 7 nitrogen and oxygen atoms in total. The van der Waals surface area contributed by atoms with Crippen LogP contribution in [0.3, 0.4) is 0 Å². The number of anilines is 1. The van der Waals surface area contributed by atoms with Crippen molar-refractivity contribution in [3.8, 4) is 0 Å². The average molecular weight is 456 g/mol. The molecular weight excluding hydrogens is 422 g/mol. The highest BCUT2D eigenvalue weighted by molar-refractivity contribution is 8.01. The van der Waals surface area contributed by atoms with E-state index in [0.717, 1.165) is 55.8 Å². The van der Waals surface area contributed by atoms with Crippen LogP contribution in [-0.2, 0) is 9.53 Å². The van der Waals surface area contributed by atoms with E-state index in [4.69, 9.17) is 9.84 Å². The van der Waals surface area contributed by atoms with Crippen LogP contribution in [0.25, 0.3) is 0 Å². The number of thiazole rings is 1. The summed E-state index contributed by atoms with van der Waals surface area (Å²) in [6, 6.07) is 0.530. The molecule has 0 unspecified atom stereocenters. The predicted octanol–water partition coefficient (Wildman–Crippen LogP) is 5.22. The number of amides is 2. The van der Waals surface area contributed by atoms with Crippen molar-refractivity contribution in [1.29, 1.82) is 0 Å². The maximum atomic E-state index is 13.2. The summed E-state index contributed by atoms with van der Waals surface area (Å²) in [4.78, 5) is 30.3. The highest BCUT2D eigenvalue weighted by Crippen LogP contribution is 2.33. The van der Waals surface area contributed by atoms with Crippen molar-refractivity contribution in [2.24, 2.45) is 0 Å². The van der Waals surface area contributed by atoms with E-state index in [1.165, 1.54) is 35.9 Å². The van der Waals surface area contributed by atoms with Crippen molar-refractivity contribution < 1.29 is 19.4 Å². The zero-order valence-corrected chi connectivity index (χ0v) is 19.3. The maximum absolute atomic E-state index is 13.2. The molecule has 0 aromatic carbocycles. The molecule has 2 aliphatic carbocycles. The molecule has 1 aromatic heterocycles. The van der Waals surface area contributed by atoms with Gasteiger partial charge in [0, 0.05) is 24.4 Å². The number of hydrogen-bond acceptors (Lipinski definition) is 6. The van der Waals surface area contributed by atoms with Crippen molar-refractivity contribution in [3.63, 3.8) is 0 Å². The molecule has 1 aromatic rings. The maximum Gasteiger partial charge on any atom is 0.324 e. The van der Waals surface area contributed by atoms with E-state index in [1.807, 2.05) is 0 Å². The number of carbonyl (C=O) groups excluding carboxylic acids is 1. The molecule has 1 heterocycles. The largest absolute Gasteiger partial charge is 0.481 e. The van der Waals surface area contributed by atoms with E-state index in [9.17, 15) is 9.59 Å². The molecule has 2 N–H and O–H groups in total. The molecule has 0 radical (unpaired) electrons. The number of nitrogens with zero attached hydrogens (tertiary/aromatic N) is 2. The highest BCUT2D eigenvalue weighted by atomic mass is 32.2. The van der Waals surface area contributed by atoms with Crippen LogP contribution in [0.15, 0.2) is 10.4 Å². The number of aliphatic carboxylic acids is 1. The van der Waals surface area contributed by atoms with Gasteiger partial charge in [-0.2, -0.15) is 0 Å². The van der Waals surface area contributed by atoms with Crippen molar-refractivity contribution in [1.82, 2.24) is 9.88 Å². The van der Waals surface area contributed by atoms with Crippen LogP contribution in [0.5, 0.6) is 0 Å². The second-order valence-electron chi connectivity index (χ2n) is 8.05. The molecule has 2 aliphatic rings. The third kappa shape index (κ3) is 6.85. The summed E-state index contributed by atoms with van der Waals surface area (Å²) in [6.07, 6.45) is 11.7. The molecule has 168 valence electrons. The van der Waals surface area contributed by atoms with Gasteiger partial charge in [-0.25, -0.2) is 9.78 Å². The molecule has 2 saturated carbocycles. The van der Waals surface area contributed by atoms with Gasteiger partial charge in [-0.15, -0.1) is 11.8 Å². The number of hydrogen-bond donors (Lipinski definition) is 2. The van der Waals surface area contributed by atoms with Crippen molar-refractivity contribution in [3.05, 3.63) is 6.20 Å². The standard InChI is InChI=1S/C21H33N3O4S2/c1-2-12-28-17-9-7-16(8-10-17)24(15-5-3-4-6-15)21(27)23-20-22-14-19(30-20)29-13-11-18(25)26/h14-17H,2-13H2,1H3,(H,25,26)(H,22,23,27)/t16-,17-. The smallest absolute Gasteiger partial charge is 0.324 e. The van der Waals surface area contributed by atoms with Crippen LogP contribution < -0.4 is 5.32 Å². The quantitative estimate of drug-likeness (QED) is 0.470. The SMILES string of the molecule is CCCO[C@H]1CC[C@H](N(C(=O)Nc2ncc(SCCC(=O)O)s2)C2CCCC2)CC1. The molecule has 0 spiro atoms. The lowest BCUT2D eigenvalue weighted by Crippen LogP contribution is -2.50. The summed E-state index contributed by atoms with van der Waals surface area (Å²) in [6.45, 7) is 2.95. The van der Waals surface area contributed by atoms with Crippen molar-refractivity contribution in [2.45, 2.75) is 93.5 Å². The number of urea groups is 1. The fourth-order valence-electron chi connectivity index (χ4n) is 4.37. The molecule has 0 aliphatic heterocycles. The van der Waals surface area contributed by atoms with Gasteiger partial charge in [0.15, 0.2) is 5.13 Å². The number of rotatable bonds is 10. The third-order valence-corrected chi connectivity index (χ3v) is 7.92. The zero-order chi connectivity index (χ0) is 21.3. The van der Waals surface area contributed by atoms with E-state index in [-0.39, 0.29) is 18.5 Å². The first-order valence-corrected chi connectivity index (χ1v) is 12.9. The van der Waals surface area contributed by atoms with Crippen LogP contribution in [-0.4, -0.2) is 57.5 Å². The van der Waals surface area contributed by atoms with Crippen LogP contribution in [0.1, 0.15) is 71.1 Å². The second-order valence-corrected chi connectivity index (χ2v) is 10.5.